The fourth-order valence-electron chi connectivity index (χ4n) is 4.42. The quantitative estimate of drug-likeness (QED) is 0.360. The molecule has 3 aromatic heterocycles. The molecular weight excluding hydrogens is 479 g/mol. The molecule has 0 radical (unpaired) electrons. The maximum Gasteiger partial charge on any atom is 0.433 e. The van der Waals surface area contributed by atoms with Gasteiger partial charge in [0.15, 0.2) is 0 Å². The lowest BCUT2D eigenvalue weighted by Gasteiger charge is -2.30. The first kappa shape index (κ1) is 23.3. The van der Waals surface area contributed by atoms with Gasteiger partial charge in [-0.25, -0.2) is 9.97 Å². The molecule has 2 N–H and O–H groups in total. The number of hydrogen-bond acceptors (Lipinski definition) is 5. The molecule has 1 aromatic carbocycles. The molecule has 0 aliphatic heterocycles. The highest BCUT2D eigenvalue weighted by Crippen LogP contribution is 2.35. The third-order valence-corrected chi connectivity index (χ3v) is 6.44. The van der Waals surface area contributed by atoms with Crippen LogP contribution in [0.15, 0.2) is 54.9 Å². The van der Waals surface area contributed by atoms with Crippen LogP contribution in [0.3, 0.4) is 0 Å². The SMILES string of the molecule is O=C(NC1CCC(Nc2cc(C(F)(F)F)nc3ccc(Cl)cc23)CC1)c1ccc2cnccc2n1. The number of benzene rings is 1. The van der Waals surface area contributed by atoms with E-state index in [1.165, 1.54) is 12.1 Å². The predicted molar refractivity (Wildman–Crippen MR) is 128 cm³/mol. The van der Waals surface area contributed by atoms with E-state index in [9.17, 15) is 18.0 Å². The van der Waals surface area contributed by atoms with Gasteiger partial charge < -0.3 is 10.6 Å². The number of hydrogen-bond donors (Lipinski definition) is 2. The Morgan fingerprint density at radius 2 is 1.71 bits per heavy atom. The summed E-state index contributed by atoms with van der Waals surface area (Å²) in [5.41, 5.74) is 0.667. The summed E-state index contributed by atoms with van der Waals surface area (Å²) in [4.78, 5) is 24.9. The van der Waals surface area contributed by atoms with E-state index in [1.807, 2.05) is 6.07 Å². The van der Waals surface area contributed by atoms with Crippen LogP contribution < -0.4 is 10.6 Å². The number of aromatic nitrogens is 3. The van der Waals surface area contributed by atoms with Crippen LogP contribution in [0.5, 0.6) is 0 Å². The number of fused-ring (bicyclic) bond motifs is 2. The maximum atomic E-state index is 13.4. The van der Waals surface area contributed by atoms with Crippen molar-refractivity contribution in [1.82, 2.24) is 20.3 Å². The average Bonchev–Trinajstić information content (AvgIpc) is 2.84. The Morgan fingerprint density at radius 1 is 0.943 bits per heavy atom. The van der Waals surface area contributed by atoms with Crippen LogP contribution in [0.1, 0.15) is 41.9 Å². The van der Waals surface area contributed by atoms with Gasteiger partial charge in [0.1, 0.15) is 11.4 Å². The minimum absolute atomic E-state index is 0.0372. The number of nitrogens with zero attached hydrogens (tertiary/aromatic N) is 3. The molecule has 1 fully saturated rings. The smallest absolute Gasteiger partial charge is 0.382 e. The molecule has 1 aliphatic carbocycles. The highest BCUT2D eigenvalue weighted by Gasteiger charge is 2.34. The molecule has 180 valence electrons. The van der Waals surface area contributed by atoms with Gasteiger partial charge in [-0.1, -0.05) is 11.6 Å². The topological polar surface area (TPSA) is 79.8 Å². The number of anilines is 1. The van der Waals surface area contributed by atoms with Gasteiger partial charge in [0.25, 0.3) is 5.91 Å². The summed E-state index contributed by atoms with van der Waals surface area (Å²) < 4.78 is 40.2. The number of nitrogens with one attached hydrogen (secondary N) is 2. The van der Waals surface area contributed by atoms with Crippen molar-refractivity contribution in [2.75, 3.05) is 5.32 Å². The molecule has 1 saturated carbocycles. The third-order valence-electron chi connectivity index (χ3n) is 6.21. The summed E-state index contributed by atoms with van der Waals surface area (Å²) in [7, 11) is 0. The fourth-order valence-corrected chi connectivity index (χ4v) is 4.59. The largest absolute Gasteiger partial charge is 0.433 e. The molecule has 10 heteroatoms. The molecule has 0 unspecified atom stereocenters. The van der Waals surface area contributed by atoms with Gasteiger partial charge in [-0.15, -0.1) is 0 Å². The minimum atomic E-state index is -4.56. The van der Waals surface area contributed by atoms with Gasteiger partial charge in [0, 0.05) is 46.0 Å². The van der Waals surface area contributed by atoms with Crippen molar-refractivity contribution in [2.24, 2.45) is 0 Å². The van der Waals surface area contributed by atoms with Crippen LogP contribution in [0.2, 0.25) is 5.02 Å². The zero-order valence-corrected chi connectivity index (χ0v) is 19.2. The van der Waals surface area contributed by atoms with Crippen LogP contribution in [0.25, 0.3) is 21.8 Å². The first-order valence-electron chi connectivity index (χ1n) is 11.2. The monoisotopic (exact) mass is 499 g/mol. The molecule has 35 heavy (non-hydrogen) atoms. The molecule has 6 nitrogen and oxygen atoms in total. The van der Waals surface area contributed by atoms with E-state index in [1.54, 1.807) is 30.6 Å². The Kier molecular flexibility index (Phi) is 6.19. The second-order valence-electron chi connectivity index (χ2n) is 8.65. The highest BCUT2D eigenvalue weighted by atomic mass is 35.5. The van der Waals surface area contributed by atoms with E-state index < -0.39 is 11.9 Å². The van der Waals surface area contributed by atoms with Gasteiger partial charge in [-0.05, 0) is 68.1 Å². The van der Waals surface area contributed by atoms with E-state index in [-0.39, 0.29) is 23.5 Å². The lowest BCUT2D eigenvalue weighted by molar-refractivity contribution is -0.140. The third kappa shape index (κ3) is 5.14. The van der Waals surface area contributed by atoms with Gasteiger partial charge in [0.05, 0.1) is 11.0 Å². The molecule has 1 amide bonds. The van der Waals surface area contributed by atoms with Crippen LogP contribution >= 0.6 is 11.6 Å². The molecular formula is C25H21ClF3N5O. The summed E-state index contributed by atoms with van der Waals surface area (Å²) in [5.74, 6) is -0.246. The standard InChI is InChI=1S/C25H21ClF3N5O/c26-15-2-8-20-18(11-15)22(12-23(34-20)25(27,28)29)31-16-3-5-17(6-4-16)32-24(35)21-7-1-14-13-30-10-9-19(14)33-21/h1-2,7-13,16-17H,3-6H2,(H,31,34)(H,32,35). The molecule has 0 atom stereocenters. The van der Waals surface area contributed by atoms with Crippen molar-refractivity contribution in [3.8, 4) is 0 Å². The molecule has 1 aliphatic rings. The van der Waals surface area contributed by atoms with Crippen LogP contribution in [0, 0.1) is 0 Å². The lowest BCUT2D eigenvalue weighted by Crippen LogP contribution is -2.40. The van der Waals surface area contributed by atoms with Gasteiger partial charge in [0.2, 0.25) is 0 Å². The number of pyridine rings is 3. The summed E-state index contributed by atoms with van der Waals surface area (Å²) in [5, 5.41) is 8.11. The Morgan fingerprint density at radius 3 is 2.49 bits per heavy atom. The van der Waals surface area contributed by atoms with E-state index in [2.05, 4.69) is 25.6 Å². The van der Waals surface area contributed by atoms with Crippen LogP contribution in [-0.4, -0.2) is 32.9 Å². The van der Waals surface area contributed by atoms with E-state index in [4.69, 9.17) is 11.6 Å². The number of carbonyl (C=O) groups is 1. The summed E-state index contributed by atoms with van der Waals surface area (Å²) in [6.07, 6.45) is 1.52. The lowest BCUT2D eigenvalue weighted by atomic mass is 9.90. The molecule has 0 spiro atoms. The number of carbonyl (C=O) groups excluding carboxylic acids is 1. The van der Waals surface area contributed by atoms with Crippen molar-refractivity contribution in [2.45, 2.75) is 43.9 Å². The summed E-state index contributed by atoms with van der Waals surface area (Å²) in [6, 6.07) is 10.8. The van der Waals surface area contributed by atoms with E-state index in [0.29, 0.717) is 53.0 Å². The van der Waals surface area contributed by atoms with E-state index in [0.717, 1.165) is 11.5 Å². The second-order valence-corrected chi connectivity index (χ2v) is 9.08. The summed E-state index contributed by atoms with van der Waals surface area (Å²) in [6.45, 7) is 0. The second kappa shape index (κ2) is 9.30. The molecule has 3 heterocycles. The Labute approximate surface area is 203 Å². The Bertz CT molecular complexity index is 1400. The van der Waals surface area contributed by atoms with Crippen molar-refractivity contribution < 1.29 is 18.0 Å². The normalized spacial score (nSPS) is 18.5. The highest BCUT2D eigenvalue weighted by molar-refractivity contribution is 6.31. The molecule has 5 rings (SSSR count). The first-order chi connectivity index (χ1) is 16.8. The number of alkyl halides is 3. The van der Waals surface area contributed by atoms with E-state index >= 15 is 0 Å². The number of rotatable bonds is 4. The van der Waals surface area contributed by atoms with Crippen molar-refractivity contribution in [3.63, 3.8) is 0 Å². The number of halogens is 4. The molecule has 0 bridgehead atoms. The first-order valence-corrected chi connectivity index (χ1v) is 11.6. The van der Waals surface area contributed by atoms with Crippen molar-refractivity contribution in [1.29, 1.82) is 0 Å². The van der Waals surface area contributed by atoms with Crippen LogP contribution in [0.4, 0.5) is 18.9 Å². The molecule has 4 aromatic rings. The summed E-state index contributed by atoms with van der Waals surface area (Å²) >= 11 is 6.09. The predicted octanol–water partition coefficient (Wildman–Crippen LogP) is 6.00. The number of amides is 1. The Balaban J connectivity index is 1.26. The van der Waals surface area contributed by atoms with Gasteiger partial charge in [-0.3, -0.25) is 9.78 Å². The Hall–Kier alpha value is -3.46. The van der Waals surface area contributed by atoms with Crippen molar-refractivity contribution in [3.05, 3.63) is 71.3 Å². The zero-order chi connectivity index (χ0) is 24.6. The maximum absolute atomic E-state index is 13.4. The van der Waals surface area contributed by atoms with Gasteiger partial charge >= 0.3 is 6.18 Å². The van der Waals surface area contributed by atoms with Crippen molar-refractivity contribution >= 4 is 45.0 Å². The zero-order valence-electron chi connectivity index (χ0n) is 18.4. The van der Waals surface area contributed by atoms with Crippen LogP contribution in [-0.2, 0) is 6.18 Å². The average molecular weight is 500 g/mol. The molecule has 0 saturated heterocycles. The minimum Gasteiger partial charge on any atom is -0.382 e. The van der Waals surface area contributed by atoms with Gasteiger partial charge in [-0.2, -0.15) is 13.2 Å². The fraction of sp³-hybridized carbons (Fsp3) is 0.280.